The molecule has 5 rings (SSSR count). The molecule has 184 valence electrons. The number of aryl methyl sites for hydroxylation is 1. The number of ether oxygens (including phenoxy) is 2. The summed E-state index contributed by atoms with van der Waals surface area (Å²) in [6.07, 6.45) is 0.752. The molecule has 36 heavy (non-hydrogen) atoms. The normalized spacial score (nSPS) is 13.9. The maximum absolute atomic E-state index is 13.6. The van der Waals surface area contributed by atoms with Gasteiger partial charge in [-0.05, 0) is 54.8 Å². The number of benzene rings is 3. The van der Waals surface area contributed by atoms with Gasteiger partial charge in [-0.25, -0.2) is 4.98 Å². The minimum Gasteiger partial charge on any atom is -0.466 e. The van der Waals surface area contributed by atoms with Gasteiger partial charge in [0.05, 0.1) is 24.6 Å². The van der Waals surface area contributed by atoms with Crippen molar-refractivity contribution in [1.82, 2.24) is 14.5 Å². The molecule has 0 aliphatic carbocycles. The molecule has 4 aromatic rings. The first-order chi connectivity index (χ1) is 17.5. The Labute approximate surface area is 209 Å². The highest BCUT2D eigenvalue weighted by Crippen LogP contribution is 2.35. The number of fused-ring (bicyclic) bond motifs is 2. The Morgan fingerprint density at radius 2 is 1.92 bits per heavy atom. The first kappa shape index (κ1) is 23.4. The number of anilines is 1. The Balaban J connectivity index is 1.41. The molecular formula is C28H28N4O4. The monoisotopic (exact) mass is 484 g/mol. The molecule has 8 heteroatoms. The second kappa shape index (κ2) is 9.73. The molecule has 0 fully saturated rings. The smallest absolute Gasteiger partial charge is 0.308 e. The molecule has 0 radical (unpaired) electrons. The molecule has 0 saturated heterocycles. The molecule has 1 atom stereocenters. The lowest BCUT2D eigenvalue weighted by molar-refractivity contribution is -0.144. The summed E-state index contributed by atoms with van der Waals surface area (Å²) >= 11 is 0. The number of nitrogens with zero attached hydrogens (tertiary/aromatic N) is 3. The van der Waals surface area contributed by atoms with Crippen LogP contribution in [0.25, 0.3) is 11.0 Å². The van der Waals surface area contributed by atoms with Gasteiger partial charge in [-0.15, -0.1) is 0 Å². The zero-order chi connectivity index (χ0) is 25.2. The number of hydrogen-bond acceptors (Lipinski definition) is 6. The van der Waals surface area contributed by atoms with Crippen molar-refractivity contribution in [2.24, 2.45) is 7.05 Å². The number of carbonyl (C=O) groups excluding carboxylic acids is 2. The van der Waals surface area contributed by atoms with Crippen LogP contribution in [0, 0.1) is 0 Å². The number of carbonyl (C=O) groups is 2. The summed E-state index contributed by atoms with van der Waals surface area (Å²) in [6, 6.07) is 20.4. The van der Waals surface area contributed by atoms with Gasteiger partial charge in [0.2, 0.25) is 5.95 Å². The Morgan fingerprint density at radius 1 is 1.11 bits per heavy atom. The molecule has 0 spiro atoms. The molecule has 3 aromatic carbocycles. The third-order valence-corrected chi connectivity index (χ3v) is 6.55. The van der Waals surface area contributed by atoms with Crippen LogP contribution in [-0.4, -0.2) is 39.5 Å². The topological polar surface area (TPSA) is 99.7 Å². The van der Waals surface area contributed by atoms with Gasteiger partial charge in [-0.1, -0.05) is 36.4 Å². The number of esters is 1. The average molecular weight is 485 g/mol. The molecule has 1 aliphatic rings. The summed E-state index contributed by atoms with van der Waals surface area (Å²) in [4.78, 5) is 32.1. The number of hydrogen-bond donors (Lipinski definition) is 1. The third-order valence-electron chi connectivity index (χ3n) is 6.55. The van der Waals surface area contributed by atoms with Crippen molar-refractivity contribution in [2.45, 2.75) is 25.8 Å². The van der Waals surface area contributed by atoms with Crippen LogP contribution in [0.4, 0.5) is 5.95 Å². The van der Waals surface area contributed by atoms with Gasteiger partial charge in [-0.3, -0.25) is 9.59 Å². The van der Waals surface area contributed by atoms with Crippen LogP contribution in [0.2, 0.25) is 0 Å². The summed E-state index contributed by atoms with van der Waals surface area (Å²) < 4.78 is 13.2. The number of imidazole rings is 1. The average Bonchev–Trinajstić information content (AvgIpc) is 3.18. The molecule has 0 saturated carbocycles. The second-order valence-corrected chi connectivity index (χ2v) is 8.76. The van der Waals surface area contributed by atoms with Gasteiger partial charge < -0.3 is 24.7 Å². The summed E-state index contributed by atoms with van der Waals surface area (Å²) in [6.45, 7) is 2.57. The van der Waals surface area contributed by atoms with Crippen molar-refractivity contribution < 1.29 is 19.1 Å². The predicted octanol–water partition coefficient (Wildman–Crippen LogP) is 4.64. The minimum absolute atomic E-state index is 0.108. The Hall–Kier alpha value is -4.33. The van der Waals surface area contributed by atoms with Gasteiger partial charge in [0.1, 0.15) is 11.3 Å². The van der Waals surface area contributed by atoms with Gasteiger partial charge in [0, 0.05) is 19.2 Å². The standard InChI is InChI=1S/C28H28N4O4/c1-3-35-25(33)17-23(18-8-5-4-6-9-18)32-15-14-19-16-20(12-13-21(19)27(32)34)36-24-11-7-10-22-26(24)30-28(29)31(22)2/h4-13,16,23H,3,14-15,17H2,1-2H3,(H2,29,30). The zero-order valence-electron chi connectivity index (χ0n) is 20.3. The molecule has 1 aromatic heterocycles. The van der Waals surface area contributed by atoms with Crippen molar-refractivity contribution in [2.75, 3.05) is 18.9 Å². The molecule has 1 unspecified atom stereocenters. The third kappa shape index (κ3) is 4.37. The van der Waals surface area contributed by atoms with E-state index < -0.39 is 6.04 Å². The summed E-state index contributed by atoms with van der Waals surface area (Å²) in [5.41, 5.74) is 9.96. The first-order valence-corrected chi connectivity index (χ1v) is 12.0. The Bertz CT molecular complexity index is 1430. The fourth-order valence-electron chi connectivity index (χ4n) is 4.72. The number of rotatable bonds is 7. The number of nitrogens with two attached hydrogens (primary N) is 1. The van der Waals surface area contributed by atoms with Crippen LogP contribution < -0.4 is 10.5 Å². The first-order valence-electron chi connectivity index (χ1n) is 12.0. The zero-order valence-corrected chi connectivity index (χ0v) is 20.3. The molecule has 2 heterocycles. The van der Waals surface area contributed by atoms with E-state index in [1.54, 1.807) is 24.0 Å². The van der Waals surface area contributed by atoms with E-state index in [1.807, 2.05) is 66.2 Å². The van der Waals surface area contributed by atoms with E-state index in [9.17, 15) is 9.59 Å². The van der Waals surface area contributed by atoms with Crippen LogP contribution in [-0.2, 0) is 23.0 Å². The van der Waals surface area contributed by atoms with Crippen LogP contribution in [0.5, 0.6) is 11.5 Å². The molecule has 1 aliphatic heterocycles. The molecule has 8 nitrogen and oxygen atoms in total. The fourth-order valence-corrected chi connectivity index (χ4v) is 4.72. The van der Waals surface area contributed by atoms with E-state index in [-0.39, 0.29) is 18.3 Å². The van der Waals surface area contributed by atoms with Crippen molar-refractivity contribution >= 4 is 28.9 Å². The van der Waals surface area contributed by atoms with Gasteiger partial charge in [-0.2, -0.15) is 0 Å². The van der Waals surface area contributed by atoms with Crippen molar-refractivity contribution in [3.8, 4) is 11.5 Å². The van der Waals surface area contributed by atoms with E-state index in [0.717, 1.165) is 16.6 Å². The van der Waals surface area contributed by atoms with E-state index in [1.165, 1.54) is 0 Å². The minimum atomic E-state index is -0.394. The highest BCUT2D eigenvalue weighted by molar-refractivity contribution is 5.97. The number of amides is 1. The fraction of sp³-hybridized carbons (Fsp3) is 0.250. The van der Waals surface area contributed by atoms with E-state index >= 15 is 0 Å². The number of para-hydroxylation sites is 1. The van der Waals surface area contributed by atoms with E-state index in [2.05, 4.69) is 4.98 Å². The number of nitrogen functional groups attached to an aromatic ring is 1. The Kier molecular flexibility index (Phi) is 6.33. The van der Waals surface area contributed by atoms with Gasteiger partial charge >= 0.3 is 5.97 Å². The highest BCUT2D eigenvalue weighted by atomic mass is 16.5. The molecule has 1 amide bonds. The van der Waals surface area contributed by atoms with E-state index in [0.29, 0.717) is 48.1 Å². The van der Waals surface area contributed by atoms with Gasteiger partial charge in [0.25, 0.3) is 5.91 Å². The quantitative estimate of drug-likeness (QED) is 0.384. The van der Waals surface area contributed by atoms with Crippen LogP contribution in [0.1, 0.15) is 40.9 Å². The SMILES string of the molecule is CCOC(=O)CC(c1ccccc1)N1CCc2cc(Oc3cccc4c3nc(N)n4C)ccc2C1=O. The second-order valence-electron chi connectivity index (χ2n) is 8.76. The highest BCUT2D eigenvalue weighted by Gasteiger charge is 2.33. The largest absolute Gasteiger partial charge is 0.466 e. The summed E-state index contributed by atoms with van der Waals surface area (Å²) in [5.74, 6) is 1.20. The lowest BCUT2D eigenvalue weighted by atomic mass is 9.94. The lowest BCUT2D eigenvalue weighted by Gasteiger charge is -2.35. The van der Waals surface area contributed by atoms with E-state index in [4.69, 9.17) is 15.2 Å². The summed E-state index contributed by atoms with van der Waals surface area (Å²) in [7, 11) is 1.86. The number of aromatic nitrogens is 2. The van der Waals surface area contributed by atoms with Crippen LogP contribution in [0.3, 0.4) is 0 Å². The van der Waals surface area contributed by atoms with Crippen LogP contribution >= 0.6 is 0 Å². The maximum atomic E-state index is 13.6. The molecular weight excluding hydrogens is 456 g/mol. The van der Waals surface area contributed by atoms with Crippen molar-refractivity contribution in [3.05, 3.63) is 83.4 Å². The van der Waals surface area contributed by atoms with Gasteiger partial charge in [0.15, 0.2) is 5.75 Å². The van der Waals surface area contributed by atoms with Crippen molar-refractivity contribution in [1.29, 1.82) is 0 Å². The molecule has 2 N–H and O–H groups in total. The van der Waals surface area contributed by atoms with Crippen LogP contribution in [0.15, 0.2) is 66.7 Å². The summed E-state index contributed by atoms with van der Waals surface area (Å²) in [5, 5.41) is 0. The predicted molar refractivity (Wildman–Crippen MR) is 137 cm³/mol. The Morgan fingerprint density at radius 3 is 2.69 bits per heavy atom. The maximum Gasteiger partial charge on any atom is 0.308 e. The van der Waals surface area contributed by atoms with Crippen molar-refractivity contribution in [3.63, 3.8) is 0 Å². The lowest BCUT2D eigenvalue weighted by Crippen LogP contribution is -2.41. The molecule has 0 bridgehead atoms.